The molecule has 1 atom stereocenters. The molecule has 0 aliphatic heterocycles. The van der Waals surface area contributed by atoms with Crippen LogP contribution in [0.5, 0.6) is 5.75 Å². The first-order valence-electron chi connectivity index (χ1n) is 12.6. The number of nitrogens with zero attached hydrogens (tertiary/aromatic N) is 2. The average Bonchev–Trinajstić information content (AvgIpc) is 3.32. The summed E-state index contributed by atoms with van der Waals surface area (Å²) in [5, 5.41) is 10.1. The third kappa shape index (κ3) is 5.62. The lowest BCUT2D eigenvalue weighted by Crippen LogP contribution is -2.30. The van der Waals surface area contributed by atoms with E-state index in [9.17, 15) is 14.3 Å². The van der Waals surface area contributed by atoms with E-state index < -0.39 is 5.97 Å². The number of ether oxygens (including phenoxy) is 1. The van der Waals surface area contributed by atoms with Crippen molar-refractivity contribution >= 4 is 32.7 Å². The van der Waals surface area contributed by atoms with Crippen molar-refractivity contribution < 1.29 is 19.0 Å². The van der Waals surface area contributed by atoms with Gasteiger partial charge in [-0.25, -0.2) is 14.2 Å². The number of anilines is 1. The second-order valence-electron chi connectivity index (χ2n) is 9.55. The Balaban J connectivity index is 1.74. The largest absolute Gasteiger partial charge is 0.496 e. The molecule has 5 nitrogen and oxygen atoms in total. The number of rotatable bonds is 10. The molecule has 1 aromatic heterocycles. The van der Waals surface area contributed by atoms with E-state index in [0.29, 0.717) is 22.7 Å². The van der Waals surface area contributed by atoms with Gasteiger partial charge < -0.3 is 14.7 Å². The third-order valence-electron chi connectivity index (χ3n) is 6.84. The molecule has 7 heteroatoms. The molecule has 0 aliphatic carbocycles. The van der Waals surface area contributed by atoms with Gasteiger partial charge in [-0.05, 0) is 78.3 Å². The van der Waals surface area contributed by atoms with Crippen LogP contribution in [-0.4, -0.2) is 29.7 Å². The predicted octanol–water partition coefficient (Wildman–Crippen LogP) is 7.77. The van der Waals surface area contributed by atoms with Gasteiger partial charge in [-0.1, -0.05) is 56.4 Å². The Morgan fingerprint density at radius 3 is 2.49 bits per heavy atom. The highest BCUT2D eigenvalue weighted by atomic mass is 32.1. The molecule has 0 fully saturated rings. The van der Waals surface area contributed by atoms with Crippen LogP contribution in [0.2, 0.25) is 0 Å². The Hall–Kier alpha value is -3.45. The lowest BCUT2D eigenvalue weighted by molar-refractivity contribution is 0.0697. The zero-order valence-electron chi connectivity index (χ0n) is 21.9. The number of carboxylic acid groups (broad SMARTS) is 1. The number of aryl methyl sites for hydroxylation is 1. The van der Waals surface area contributed by atoms with Crippen LogP contribution < -0.4 is 9.64 Å². The summed E-state index contributed by atoms with van der Waals surface area (Å²) < 4.78 is 20.7. The highest BCUT2D eigenvalue weighted by Gasteiger charge is 2.24. The normalized spacial score (nSPS) is 12.2. The second kappa shape index (κ2) is 11.3. The Bertz CT molecular complexity index is 1400. The molecule has 0 spiro atoms. The molecule has 3 aromatic carbocycles. The van der Waals surface area contributed by atoms with Gasteiger partial charge in [0.1, 0.15) is 11.6 Å². The van der Waals surface area contributed by atoms with Gasteiger partial charge in [-0.15, -0.1) is 0 Å². The number of aromatic nitrogens is 1. The van der Waals surface area contributed by atoms with Crippen molar-refractivity contribution in [2.45, 2.75) is 52.5 Å². The Kier molecular flexibility index (Phi) is 8.13. The number of carboxylic acids is 1. The molecule has 0 bridgehead atoms. The standard InChI is InChI=1S/C30H33FN2O3S/c1-6-26(20-10-12-21(13-11-20)29(34)35)33(30-32-25-9-7-8-24(31)28(25)37-30)15-14-22-17-23(18(2)3)27(36-5)16-19(22)4/h7-13,16-18,26H,6,14-15H2,1-5H3,(H,34,35). The number of hydrogen-bond acceptors (Lipinski definition) is 5. The Morgan fingerprint density at radius 2 is 1.89 bits per heavy atom. The predicted molar refractivity (Wildman–Crippen MR) is 149 cm³/mol. The molecule has 1 heterocycles. The molecule has 37 heavy (non-hydrogen) atoms. The molecule has 0 amide bonds. The summed E-state index contributed by atoms with van der Waals surface area (Å²) in [6.45, 7) is 9.19. The van der Waals surface area contributed by atoms with E-state index in [-0.39, 0.29) is 17.4 Å². The lowest BCUT2D eigenvalue weighted by Gasteiger charge is -2.32. The number of fused-ring (bicyclic) bond motifs is 1. The summed E-state index contributed by atoms with van der Waals surface area (Å²) in [7, 11) is 1.70. The van der Waals surface area contributed by atoms with Gasteiger partial charge >= 0.3 is 5.97 Å². The maximum atomic E-state index is 14.6. The van der Waals surface area contributed by atoms with Crippen LogP contribution in [0, 0.1) is 12.7 Å². The summed E-state index contributed by atoms with van der Waals surface area (Å²) >= 11 is 1.36. The number of methoxy groups -OCH3 is 1. The first-order valence-corrected chi connectivity index (χ1v) is 13.4. The maximum Gasteiger partial charge on any atom is 0.335 e. The summed E-state index contributed by atoms with van der Waals surface area (Å²) in [6.07, 6.45) is 1.56. The van der Waals surface area contributed by atoms with Crippen molar-refractivity contribution in [3.05, 3.63) is 88.2 Å². The average molecular weight is 521 g/mol. The van der Waals surface area contributed by atoms with Gasteiger partial charge in [0.05, 0.1) is 28.9 Å². The second-order valence-corrected chi connectivity index (χ2v) is 10.5. The number of carbonyl (C=O) groups is 1. The zero-order chi connectivity index (χ0) is 26.7. The monoisotopic (exact) mass is 520 g/mol. The van der Waals surface area contributed by atoms with Gasteiger partial charge in [0.25, 0.3) is 0 Å². The summed E-state index contributed by atoms with van der Waals surface area (Å²) in [6, 6.07) is 16.3. The van der Waals surface area contributed by atoms with Crippen LogP contribution in [0.15, 0.2) is 54.6 Å². The molecule has 0 saturated carbocycles. The van der Waals surface area contributed by atoms with Crippen molar-refractivity contribution in [2.75, 3.05) is 18.6 Å². The van der Waals surface area contributed by atoms with Gasteiger partial charge in [0.15, 0.2) is 5.13 Å². The lowest BCUT2D eigenvalue weighted by atomic mass is 9.94. The van der Waals surface area contributed by atoms with Gasteiger partial charge in [-0.3, -0.25) is 0 Å². The fourth-order valence-electron chi connectivity index (χ4n) is 4.78. The van der Waals surface area contributed by atoms with E-state index in [0.717, 1.165) is 34.8 Å². The fraction of sp³-hybridized carbons (Fsp3) is 0.333. The van der Waals surface area contributed by atoms with E-state index in [4.69, 9.17) is 9.72 Å². The molecular weight excluding hydrogens is 487 g/mol. The Labute approximate surface area is 221 Å². The molecule has 4 aromatic rings. The van der Waals surface area contributed by atoms with E-state index in [1.807, 2.05) is 18.2 Å². The third-order valence-corrected chi connectivity index (χ3v) is 7.96. The van der Waals surface area contributed by atoms with E-state index in [1.165, 1.54) is 28.5 Å². The highest BCUT2D eigenvalue weighted by Crippen LogP contribution is 2.37. The van der Waals surface area contributed by atoms with Gasteiger partial charge in [-0.2, -0.15) is 0 Å². The van der Waals surface area contributed by atoms with E-state index in [2.05, 4.69) is 44.7 Å². The molecule has 1 N–H and O–H groups in total. The maximum absolute atomic E-state index is 14.6. The zero-order valence-corrected chi connectivity index (χ0v) is 22.7. The quantitative estimate of drug-likeness (QED) is 0.231. The molecule has 0 saturated heterocycles. The minimum Gasteiger partial charge on any atom is -0.496 e. The summed E-state index contributed by atoms with van der Waals surface area (Å²) in [4.78, 5) is 18.4. The van der Waals surface area contributed by atoms with Gasteiger partial charge in [0.2, 0.25) is 0 Å². The van der Waals surface area contributed by atoms with E-state index in [1.54, 1.807) is 25.3 Å². The number of aromatic carboxylic acids is 1. The number of hydrogen-bond donors (Lipinski definition) is 1. The van der Waals surface area contributed by atoms with E-state index >= 15 is 0 Å². The SMILES string of the molecule is CCC(c1ccc(C(=O)O)cc1)N(CCc1cc(C(C)C)c(OC)cc1C)c1nc2cccc(F)c2s1. The molecule has 1 unspecified atom stereocenters. The first kappa shape index (κ1) is 26.6. The topological polar surface area (TPSA) is 62.7 Å². The van der Waals surface area contributed by atoms with Crippen LogP contribution in [0.3, 0.4) is 0 Å². The number of thiazole rings is 1. The van der Waals surface area contributed by atoms with Crippen LogP contribution in [0.25, 0.3) is 10.2 Å². The highest BCUT2D eigenvalue weighted by molar-refractivity contribution is 7.22. The van der Waals surface area contributed by atoms with Crippen molar-refractivity contribution in [3.8, 4) is 5.75 Å². The molecule has 0 aliphatic rings. The van der Waals surface area contributed by atoms with Crippen LogP contribution in [0.1, 0.15) is 71.8 Å². The molecule has 0 radical (unpaired) electrons. The van der Waals surface area contributed by atoms with Crippen LogP contribution >= 0.6 is 11.3 Å². The van der Waals surface area contributed by atoms with Gasteiger partial charge in [0, 0.05) is 6.54 Å². The minimum atomic E-state index is -0.950. The number of benzene rings is 3. The molecule has 4 rings (SSSR count). The number of halogens is 1. The summed E-state index contributed by atoms with van der Waals surface area (Å²) in [5.74, 6) is 0.00941. The smallest absolute Gasteiger partial charge is 0.335 e. The van der Waals surface area contributed by atoms with Crippen LogP contribution in [-0.2, 0) is 6.42 Å². The minimum absolute atomic E-state index is 0.0467. The molecule has 194 valence electrons. The van der Waals surface area contributed by atoms with Crippen molar-refractivity contribution in [1.29, 1.82) is 0 Å². The van der Waals surface area contributed by atoms with Crippen molar-refractivity contribution in [1.82, 2.24) is 4.98 Å². The Morgan fingerprint density at radius 1 is 1.16 bits per heavy atom. The first-order chi connectivity index (χ1) is 17.7. The summed E-state index contributed by atoms with van der Waals surface area (Å²) in [5.41, 5.74) is 5.47. The molecular formula is C30H33FN2O3S. The van der Waals surface area contributed by atoms with Crippen molar-refractivity contribution in [2.24, 2.45) is 0 Å². The van der Waals surface area contributed by atoms with Crippen LogP contribution in [0.4, 0.5) is 9.52 Å². The fourth-order valence-corrected chi connectivity index (χ4v) is 5.82. The van der Waals surface area contributed by atoms with Crippen molar-refractivity contribution in [3.63, 3.8) is 0 Å².